The SMILES string of the molecule is COc1cc(-c2c(C(=O)O)nc3cccc(Br)n23)ccc1F. The third-order valence-corrected chi connectivity index (χ3v) is 3.84. The van der Waals surface area contributed by atoms with Gasteiger partial charge in [0.1, 0.15) is 5.65 Å². The highest BCUT2D eigenvalue weighted by molar-refractivity contribution is 9.10. The van der Waals surface area contributed by atoms with E-state index in [2.05, 4.69) is 20.9 Å². The largest absolute Gasteiger partial charge is 0.494 e. The fourth-order valence-electron chi connectivity index (χ4n) is 2.28. The summed E-state index contributed by atoms with van der Waals surface area (Å²) in [5.41, 5.74) is 1.22. The van der Waals surface area contributed by atoms with Crippen molar-refractivity contribution in [3.8, 4) is 17.0 Å². The van der Waals surface area contributed by atoms with Crippen LogP contribution in [0.5, 0.6) is 5.75 Å². The molecule has 0 aliphatic carbocycles. The number of hydrogen-bond donors (Lipinski definition) is 1. The minimum absolute atomic E-state index is 0.0378. The Labute approximate surface area is 133 Å². The van der Waals surface area contributed by atoms with Crippen LogP contribution in [0.3, 0.4) is 0 Å². The third kappa shape index (κ3) is 2.23. The van der Waals surface area contributed by atoms with E-state index in [-0.39, 0.29) is 11.4 Å². The Bertz CT molecular complexity index is 892. The number of rotatable bonds is 3. The number of carboxylic acids is 1. The van der Waals surface area contributed by atoms with E-state index in [1.807, 2.05) is 0 Å². The molecule has 0 fully saturated rings. The van der Waals surface area contributed by atoms with Crippen molar-refractivity contribution in [1.82, 2.24) is 9.38 Å². The van der Waals surface area contributed by atoms with E-state index in [1.54, 1.807) is 22.6 Å². The van der Waals surface area contributed by atoms with Gasteiger partial charge in [-0.1, -0.05) is 6.07 Å². The van der Waals surface area contributed by atoms with Gasteiger partial charge in [0.05, 0.1) is 17.4 Å². The monoisotopic (exact) mass is 364 g/mol. The van der Waals surface area contributed by atoms with E-state index < -0.39 is 11.8 Å². The lowest BCUT2D eigenvalue weighted by Gasteiger charge is -2.08. The zero-order valence-corrected chi connectivity index (χ0v) is 13.0. The lowest BCUT2D eigenvalue weighted by atomic mass is 10.1. The van der Waals surface area contributed by atoms with Crippen molar-refractivity contribution >= 4 is 27.5 Å². The molecule has 1 aromatic carbocycles. The van der Waals surface area contributed by atoms with Crippen molar-refractivity contribution in [2.45, 2.75) is 0 Å². The van der Waals surface area contributed by atoms with E-state index >= 15 is 0 Å². The van der Waals surface area contributed by atoms with E-state index in [0.717, 1.165) is 0 Å². The van der Waals surface area contributed by atoms with Gasteiger partial charge in [0.15, 0.2) is 17.3 Å². The van der Waals surface area contributed by atoms with Crippen molar-refractivity contribution in [3.63, 3.8) is 0 Å². The molecular weight excluding hydrogens is 355 g/mol. The molecule has 0 spiro atoms. The van der Waals surface area contributed by atoms with E-state index in [1.165, 1.54) is 25.3 Å². The number of carbonyl (C=O) groups is 1. The van der Waals surface area contributed by atoms with Gasteiger partial charge >= 0.3 is 5.97 Å². The molecule has 0 aliphatic rings. The summed E-state index contributed by atoms with van der Waals surface area (Å²) in [6, 6.07) is 9.40. The van der Waals surface area contributed by atoms with Gasteiger partial charge in [-0.25, -0.2) is 14.2 Å². The van der Waals surface area contributed by atoms with Crippen molar-refractivity contribution in [1.29, 1.82) is 0 Å². The second-order valence-electron chi connectivity index (χ2n) is 4.51. The first kappa shape index (κ1) is 14.5. The maximum atomic E-state index is 13.6. The number of carboxylic acid groups (broad SMARTS) is 1. The molecule has 0 saturated heterocycles. The summed E-state index contributed by atoms with van der Waals surface area (Å²) in [5, 5.41) is 9.40. The van der Waals surface area contributed by atoms with Gasteiger partial charge in [-0.05, 0) is 46.3 Å². The molecule has 0 amide bonds. The van der Waals surface area contributed by atoms with Crippen molar-refractivity contribution in [2.75, 3.05) is 7.11 Å². The first-order valence-corrected chi connectivity index (χ1v) is 7.06. The van der Waals surface area contributed by atoms with Crippen LogP contribution in [0.2, 0.25) is 0 Å². The lowest BCUT2D eigenvalue weighted by Crippen LogP contribution is -2.01. The second kappa shape index (κ2) is 5.42. The minimum atomic E-state index is -1.16. The summed E-state index contributed by atoms with van der Waals surface area (Å²) in [4.78, 5) is 15.6. The molecule has 7 heteroatoms. The number of methoxy groups -OCH3 is 1. The smallest absolute Gasteiger partial charge is 0.356 e. The summed E-state index contributed by atoms with van der Waals surface area (Å²) in [7, 11) is 1.35. The summed E-state index contributed by atoms with van der Waals surface area (Å²) < 4.78 is 20.8. The number of fused-ring (bicyclic) bond motifs is 1. The van der Waals surface area contributed by atoms with Crippen LogP contribution < -0.4 is 4.74 Å². The van der Waals surface area contributed by atoms with Crippen LogP contribution in [0.4, 0.5) is 4.39 Å². The molecule has 5 nitrogen and oxygen atoms in total. The van der Waals surface area contributed by atoms with Crippen molar-refractivity contribution < 1.29 is 19.0 Å². The lowest BCUT2D eigenvalue weighted by molar-refractivity contribution is 0.0692. The fourth-order valence-corrected chi connectivity index (χ4v) is 2.79. The Morgan fingerprint density at radius 1 is 1.36 bits per heavy atom. The Kier molecular flexibility index (Phi) is 3.58. The molecule has 112 valence electrons. The molecule has 2 heterocycles. The van der Waals surface area contributed by atoms with Gasteiger partial charge < -0.3 is 9.84 Å². The van der Waals surface area contributed by atoms with Crippen molar-refractivity contribution in [2.24, 2.45) is 0 Å². The maximum Gasteiger partial charge on any atom is 0.356 e. The summed E-state index contributed by atoms with van der Waals surface area (Å²) in [6.07, 6.45) is 0. The quantitative estimate of drug-likeness (QED) is 0.721. The van der Waals surface area contributed by atoms with Crippen LogP contribution in [0.25, 0.3) is 16.9 Å². The molecule has 0 saturated carbocycles. The summed E-state index contributed by atoms with van der Waals surface area (Å²) >= 11 is 3.38. The van der Waals surface area contributed by atoms with Gasteiger partial charge in [-0.15, -0.1) is 0 Å². The number of aromatic nitrogens is 2. The number of nitrogens with zero attached hydrogens (tertiary/aromatic N) is 2. The average Bonchev–Trinajstić information content (AvgIpc) is 2.89. The third-order valence-electron chi connectivity index (χ3n) is 3.22. The Balaban J connectivity index is 2.38. The van der Waals surface area contributed by atoms with Crippen molar-refractivity contribution in [3.05, 3.63) is 52.5 Å². The average molecular weight is 365 g/mol. The van der Waals surface area contributed by atoms with Gasteiger partial charge in [0.25, 0.3) is 0 Å². The highest BCUT2D eigenvalue weighted by Gasteiger charge is 2.21. The summed E-state index contributed by atoms with van der Waals surface area (Å²) in [6.45, 7) is 0. The molecule has 0 atom stereocenters. The molecule has 2 aromatic heterocycles. The highest BCUT2D eigenvalue weighted by Crippen LogP contribution is 2.31. The predicted molar refractivity (Wildman–Crippen MR) is 81.8 cm³/mol. The van der Waals surface area contributed by atoms with E-state index in [9.17, 15) is 14.3 Å². The number of hydrogen-bond acceptors (Lipinski definition) is 3. The molecule has 0 bridgehead atoms. The molecule has 0 unspecified atom stereocenters. The molecular formula is C15H10BrFN2O3. The number of benzene rings is 1. The highest BCUT2D eigenvalue weighted by atomic mass is 79.9. The minimum Gasteiger partial charge on any atom is -0.494 e. The Morgan fingerprint density at radius 3 is 2.82 bits per heavy atom. The number of ether oxygens (including phenoxy) is 1. The van der Waals surface area contributed by atoms with Crippen LogP contribution in [-0.2, 0) is 0 Å². The zero-order chi connectivity index (χ0) is 15.9. The molecule has 0 aliphatic heterocycles. The Hall–Kier alpha value is -2.41. The van der Waals surface area contributed by atoms with Crippen LogP contribution in [0, 0.1) is 5.82 Å². The number of imidazole rings is 1. The first-order chi connectivity index (χ1) is 10.5. The van der Waals surface area contributed by atoms with Crippen LogP contribution in [-0.4, -0.2) is 27.6 Å². The Morgan fingerprint density at radius 2 is 2.14 bits per heavy atom. The topological polar surface area (TPSA) is 63.8 Å². The van der Waals surface area contributed by atoms with E-state index in [4.69, 9.17) is 4.74 Å². The van der Waals surface area contributed by atoms with Gasteiger partial charge in [-0.2, -0.15) is 0 Å². The maximum absolute atomic E-state index is 13.6. The molecule has 3 rings (SSSR count). The fraction of sp³-hybridized carbons (Fsp3) is 0.0667. The van der Waals surface area contributed by atoms with Crippen LogP contribution >= 0.6 is 15.9 Å². The molecule has 0 radical (unpaired) electrons. The molecule has 1 N–H and O–H groups in total. The first-order valence-electron chi connectivity index (χ1n) is 6.27. The van der Waals surface area contributed by atoms with Gasteiger partial charge in [0.2, 0.25) is 0 Å². The number of halogens is 2. The molecule has 22 heavy (non-hydrogen) atoms. The number of aromatic carboxylic acids is 1. The zero-order valence-electron chi connectivity index (χ0n) is 11.4. The van der Waals surface area contributed by atoms with E-state index in [0.29, 0.717) is 21.5 Å². The van der Waals surface area contributed by atoms with Crippen LogP contribution in [0.15, 0.2) is 41.0 Å². The normalized spacial score (nSPS) is 10.9. The molecule has 3 aromatic rings. The standard InChI is InChI=1S/C15H10BrFN2O3/c1-22-10-7-8(5-6-9(10)17)14-13(15(20)21)18-12-4-2-3-11(16)19(12)14/h2-7H,1H3,(H,20,21). The second-order valence-corrected chi connectivity index (χ2v) is 5.32. The van der Waals surface area contributed by atoms with Gasteiger partial charge in [0, 0.05) is 5.56 Å². The summed E-state index contributed by atoms with van der Waals surface area (Å²) in [5.74, 6) is -1.64. The van der Waals surface area contributed by atoms with Crippen LogP contribution in [0.1, 0.15) is 10.5 Å². The van der Waals surface area contributed by atoms with Gasteiger partial charge in [-0.3, -0.25) is 4.40 Å². The number of pyridine rings is 1. The predicted octanol–water partition coefficient (Wildman–Crippen LogP) is 3.61.